The maximum atomic E-state index is 11.9. The summed E-state index contributed by atoms with van der Waals surface area (Å²) in [5.41, 5.74) is 0.476. The Morgan fingerprint density at radius 1 is 1.39 bits per heavy atom. The highest BCUT2D eigenvalue weighted by Crippen LogP contribution is 2.23. The van der Waals surface area contributed by atoms with Crippen molar-refractivity contribution in [1.29, 1.82) is 5.26 Å². The molecule has 0 unspecified atom stereocenters. The summed E-state index contributed by atoms with van der Waals surface area (Å²) >= 11 is 4.25. The van der Waals surface area contributed by atoms with Crippen molar-refractivity contribution in [3.63, 3.8) is 0 Å². The monoisotopic (exact) mass is 361 g/mol. The molecule has 3 heterocycles. The van der Waals surface area contributed by atoms with E-state index in [1.54, 1.807) is 22.8 Å². The summed E-state index contributed by atoms with van der Waals surface area (Å²) in [5.74, 6) is 0.790. The molecule has 0 aliphatic rings. The van der Waals surface area contributed by atoms with E-state index in [0.29, 0.717) is 22.1 Å². The summed E-state index contributed by atoms with van der Waals surface area (Å²) in [4.78, 5) is 17.5. The van der Waals surface area contributed by atoms with Gasteiger partial charge in [0.2, 0.25) is 11.1 Å². The number of hydrogen-bond donors (Lipinski definition) is 2. The van der Waals surface area contributed by atoms with Gasteiger partial charge in [-0.15, -0.1) is 27.8 Å². The van der Waals surface area contributed by atoms with Crippen molar-refractivity contribution in [3.8, 4) is 6.07 Å². The Kier molecular flexibility index (Phi) is 5.07. The molecule has 0 saturated carbocycles. The van der Waals surface area contributed by atoms with Crippen molar-refractivity contribution in [1.82, 2.24) is 15.2 Å². The van der Waals surface area contributed by atoms with Crippen molar-refractivity contribution in [2.45, 2.75) is 11.6 Å². The molecule has 0 fully saturated rings. The predicted octanol–water partition coefficient (Wildman–Crippen LogP) is 3.12. The molecule has 2 N–H and O–H groups in total. The van der Waals surface area contributed by atoms with Gasteiger partial charge in [-0.25, -0.2) is 4.98 Å². The molecule has 9 heteroatoms. The molecule has 3 aromatic rings. The Bertz CT molecular complexity index is 831. The first kappa shape index (κ1) is 15.7. The molecule has 0 spiro atoms. The van der Waals surface area contributed by atoms with Crippen LogP contribution in [0.1, 0.15) is 16.3 Å². The van der Waals surface area contributed by atoms with E-state index in [1.807, 2.05) is 23.6 Å². The number of rotatable bonds is 6. The van der Waals surface area contributed by atoms with Crippen molar-refractivity contribution in [2.75, 3.05) is 11.1 Å². The van der Waals surface area contributed by atoms with Crippen LogP contribution in [0, 0.1) is 11.3 Å². The fourth-order valence-electron chi connectivity index (χ4n) is 1.79. The predicted molar refractivity (Wildman–Crippen MR) is 91.9 cm³/mol. The molecule has 3 aromatic heterocycles. The van der Waals surface area contributed by atoms with Crippen LogP contribution < -0.4 is 5.32 Å². The average molecular weight is 361 g/mol. The van der Waals surface area contributed by atoms with Gasteiger partial charge in [-0.1, -0.05) is 17.8 Å². The van der Waals surface area contributed by atoms with Gasteiger partial charge >= 0.3 is 0 Å². The second kappa shape index (κ2) is 7.41. The van der Waals surface area contributed by atoms with Gasteiger partial charge in [0.25, 0.3) is 0 Å². The third-order valence-corrected chi connectivity index (χ3v) is 5.36. The van der Waals surface area contributed by atoms with Gasteiger partial charge in [0.1, 0.15) is 16.9 Å². The van der Waals surface area contributed by atoms with E-state index in [2.05, 4.69) is 20.5 Å². The number of carbonyl (C=O) groups excluding carboxylic acids is 1. The zero-order valence-electron chi connectivity index (χ0n) is 11.8. The van der Waals surface area contributed by atoms with Crippen LogP contribution in [0.25, 0.3) is 0 Å². The van der Waals surface area contributed by atoms with E-state index in [9.17, 15) is 4.79 Å². The topological polar surface area (TPSA) is 94.5 Å². The molecular formula is C14H11N5OS3. The molecule has 116 valence electrons. The maximum absolute atomic E-state index is 11.9. The van der Waals surface area contributed by atoms with E-state index in [1.165, 1.54) is 28.0 Å². The standard InChI is InChI=1S/C14H11N5OS3/c15-7-9-3-5-22-13(9)17-12(20)8-23-14-16-11(18-19-14)6-10-2-1-4-21-10/h1-5H,6,8H2,(H,17,20)(H,16,18,19). The van der Waals surface area contributed by atoms with Crippen molar-refractivity contribution < 1.29 is 4.79 Å². The van der Waals surface area contributed by atoms with E-state index in [4.69, 9.17) is 5.26 Å². The van der Waals surface area contributed by atoms with Crippen molar-refractivity contribution >= 4 is 45.3 Å². The SMILES string of the molecule is N#Cc1ccsc1NC(=O)CSc1n[nH]c(Cc2cccs2)n1. The lowest BCUT2D eigenvalue weighted by atomic mass is 10.3. The number of thiophene rings is 2. The van der Waals surface area contributed by atoms with Crippen LogP contribution in [-0.2, 0) is 11.2 Å². The zero-order valence-corrected chi connectivity index (χ0v) is 14.2. The van der Waals surface area contributed by atoms with Crippen LogP contribution >= 0.6 is 34.4 Å². The summed E-state index contributed by atoms with van der Waals surface area (Å²) in [6, 6.07) is 7.76. The first-order chi connectivity index (χ1) is 11.2. The molecule has 3 rings (SSSR count). The van der Waals surface area contributed by atoms with Crippen LogP contribution in [0.2, 0.25) is 0 Å². The third kappa shape index (κ3) is 4.19. The number of aromatic nitrogens is 3. The van der Waals surface area contributed by atoms with Gasteiger partial charge in [0.15, 0.2) is 0 Å². The lowest BCUT2D eigenvalue weighted by molar-refractivity contribution is -0.113. The maximum Gasteiger partial charge on any atom is 0.235 e. The molecule has 6 nitrogen and oxygen atoms in total. The summed E-state index contributed by atoms with van der Waals surface area (Å²) in [5, 5.41) is 23.5. The Morgan fingerprint density at radius 3 is 3.09 bits per heavy atom. The van der Waals surface area contributed by atoms with Crippen LogP contribution in [0.4, 0.5) is 5.00 Å². The molecule has 0 bridgehead atoms. The molecule has 23 heavy (non-hydrogen) atoms. The quantitative estimate of drug-likeness (QED) is 0.658. The number of amides is 1. The minimum atomic E-state index is -0.182. The first-order valence-electron chi connectivity index (χ1n) is 6.58. The molecule has 0 atom stereocenters. The molecule has 1 amide bonds. The zero-order chi connectivity index (χ0) is 16.1. The van der Waals surface area contributed by atoms with Crippen molar-refractivity contribution in [3.05, 3.63) is 45.2 Å². The number of carbonyl (C=O) groups is 1. The van der Waals surface area contributed by atoms with E-state index < -0.39 is 0 Å². The average Bonchev–Trinajstić information content (AvgIpc) is 3.27. The molecular weight excluding hydrogens is 350 g/mol. The summed E-state index contributed by atoms with van der Waals surface area (Å²) < 4.78 is 0. The van der Waals surface area contributed by atoms with Gasteiger partial charge in [-0.3, -0.25) is 9.89 Å². The number of nitrogens with one attached hydrogen (secondary N) is 2. The van der Waals surface area contributed by atoms with Crippen LogP contribution in [0.15, 0.2) is 34.1 Å². The minimum Gasteiger partial charge on any atom is -0.316 e. The minimum absolute atomic E-state index is 0.182. The second-order valence-electron chi connectivity index (χ2n) is 4.43. The molecule has 0 radical (unpaired) electrons. The second-order valence-corrected chi connectivity index (χ2v) is 7.32. The first-order valence-corrected chi connectivity index (χ1v) is 9.33. The Labute approximate surface area is 144 Å². The van der Waals surface area contributed by atoms with Crippen LogP contribution in [0.5, 0.6) is 0 Å². The largest absolute Gasteiger partial charge is 0.316 e. The number of nitrogens with zero attached hydrogens (tertiary/aromatic N) is 3. The number of aromatic amines is 1. The van der Waals surface area contributed by atoms with Gasteiger partial charge in [0, 0.05) is 11.3 Å². The normalized spacial score (nSPS) is 10.4. The molecule has 0 aliphatic carbocycles. The van der Waals surface area contributed by atoms with Gasteiger partial charge in [-0.2, -0.15) is 5.26 Å². The number of thioether (sulfide) groups is 1. The number of hydrogen-bond acceptors (Lipinski definition) is 7. The summed E-state index contributed by atoms with van der Waals surface area (Å²) in [6.45, 7) is 0. The molecule has 0 aliphatic heterocycles. The van der Waals surface area contributed by atoms with Gasteiger partial charge in [-0.05, 0) is 22.9 Å². The smallest absolute Gasteiger partial charge is 0.235 e. The summed E-state index contributed by atoms with van der Waals surface area (Å²) in [6.07, 6.45) is 0.706. The third-order valence-electron chi connectivity index (χ3n) is 2.80. The van der Waals surface area contributed by atoms with Crippen LogP contribution in [0.3, 0.4) is 0 Å². The Morgan fingerprint density at radius 2 is 2.30 bits per heavy atom. The number of anilines is 1. The lowest BCUT2D eigenvalue weighted by Crippen LogP contribution is -2.13. The highest BCUT2D eigenvalue weighted by Gasteiger charge is 2.11. The number of nitriles is 1. The fourth-order valence-corrected chi connectivity index (χ4v) is 3.87. The highest BCUT2D eigenvalue weighted by molar-refractivity contribution is 7.99. The van der Waals surface area contributed by atoms with Crippen LogP contribution in [-0.4, -0.2) is 26.8 Å². The molecule has 0 saturated heterocycles. The summed E-state index contributed by atoms with van der Waals surface area (Å²) in [7, 11) is 0. The van der Waals surface area contributed by atoms with Gasteiger partial charge in [0.05, 0.1) is 11.3 Å². The number of H-pyrrole nitrogens is 1. The Balaban J connectivity index is 1.51. The van der Waals surface area contributed by atoms with E-state index >= 15 is 0 Å². The van der Waals surface area contributed by atoms with E-state index in [0.717, 1.165) is 5.82 Å². The molecule has 0 aromatic carbocycles. The lowest BCUT2D eigenvalue weighted by Gasteiger charge is -2.01. The van der Waals surface area contributed by atoms with E-state index in [-0.39, 0.29) is 11.7 Å². The van der Waals surface area contributed by atoms with Crippen molar-refractivity contribution in [2.24, 2.45) is 0 Å². The fraction of sp³-hybridized carbons (Fsp3) is 0.143. The van der Waals surface area contributed by atoms with Gasteiger partial charge < -0.3 is 5.32 Å². The highest BCUT2D eigenvalue weighted by atomic mass is 32.2. The Hall–Kier alpha value is -2.15.